The fourth-order valence-electron chi connectivity index (χ4n) is 1.21. The van der Waals surface area contributed by atoms with E-state index in [1.54, 1.807) is 0 Å². The number of furan rings is 1. The molecule has 2 aromatic rings. The normalized spacial score (nSPS) is 9.55. The molecule has 2 rings (SSSR count). The standard InChI is InChI=1S/C10H7N7O3/c11-5-6-1-3-8(14-13-6)15-16-10(12)7-2-4-9(20-7)17(18)19/h1-4H,(H2,12,16)(H,14,15). The second-order valence-corrected chi connectivity index (χ2v) is 3.44. The van der Waals surface area contributed by atoms with Crippen molar-refractivity contribution in [2.75, 3.05) is 5.43 Å². The van der Waals surface area contributed by atoms with Crippen LogP contribution in [-0.2, 0) is 0 Å². The van der Waals surface area contributed by atoms with Gasteiger partial charge in [-0.2, -0.15) is 5.26 Å². The molecule has 0 unspecified atom stereocenters. The quantitative estimate of drug-likeness (QED) is 0.319. The molecule has 2 heterocycles. The van der Waals surface area contributed by atoms with Crippen LogP contribution in [0.4, 0.5) is 11.7 Å². The third-order valence-corrected chi connectivity index (χ3v) is 2.11. The maximum absolute atomic E-state index is 10.4. The molecule has 3 N–H and O–H groups in total. The third kappa shape index (κ3) is 2.85. The number of hydrogen-bond donors (Lipinski definition) is 3. The van der Waals surface area contributed by atoms with Crippen LogP contribution in [0, 0.1) is 26.9 Å². The molecular weight excluding hydrogens is 266 g/mol. The van der Waals surface area contributed by atoms with Crippen LogP contribution in [0.1, 0.15) is 11.5 Å². The molecule has 0 aliphatic heterocycles. The average Bonchev–Trinajstić information content (AvgIpc) is 2.95. The number of hydrazine groups is 1. The predicted molar refractivity (Wildman–Crippen MR) is 65.7 cm³/mol. The number of rotatable bonds is 4. The number of nitrogens with zero attached hydrogens (tertiary/aromatic N) is 4. The molecule has 100 valence electrons. The van der Waals surface area contributed by atoms with Gasteiger partial charge in [-0.05, 0) is 18.2 Å². The Morgan fingerprint density at radius 3 is 2.75 bits per heavy atom. The summed E-state index contributed by atoms with van der Waals surface area (Å²) < 4.78 is 4.83. The van der Waals surface area contributed by atoms with Crippen LogP contribution in [0.15, 0.2) is 28.7 Å². The van der Waals surface area contributed by atoms with Crippen LogP contribution in [0.5, 0.6) is 0 Å². The topological polar surface area (TPSA) is 154 Å². The largest absolute Gasteiger partial charge is 0.433 e. The summed E-state index contributed by atoms with van der Waals surface area (Å²) in [4.78, 5) is 9.74. The van der Waals surface area contributed by atoms with Crippen molar-refractivity contribution in [2.24, 2.45) is 0 Å². The van der Waals surface area contributed by atoms with E-state index in [9.17, 15) is 10.1 Å². The fraction of sp³-hybridized carbons (Fsp3) is 0. The SMILES string of the molecule is N#Cc1ccc(NNC(=N)c2ccc([N+](=O)[O-])o2)nn1. The van der Waals surface area contributed by atoms with Crippen molar-refractivity contribution in [3.8, 4) is 6.07 Å². The zero-order valence-corrected chi connectivity index (χ0v) is 9.82. The van der Waals surface area contributed by atoms with Gasteiger partial charge in [0.15, 0.2) is 23.1 Å². The van der Waals surface area contributed by atoms with Crippen molar-refractivity contribution in [3.05, 3.63) is 45.8 Å². The lowest BCUT2D eigenvalue weighted by Gasteiger charge is -2.06. The highest BCUT2D eigenvalue weighted by atomic mass is 16.6. The molecule has 0 aromatic carbocycles. The van der Waals surface area contributed by atoms with Gasteiger partial charge in [0.05, 0.1) is 6.07 Å². The van der Waals surface area contributed by atoms with Crippen LogP contribution in [0.2, 0.25) is 0 Å². The Morgan fingerprint density at radius 1 is 1.40 bits per heavy atom. The van der Waals surface area contributed by atoms with E-state index in [2.05, 4.69) is 21.0 Å². The van der Waals surface area contributed by atoms with E-state index in [1.165, 1.54) is 18.2 Å². The van der Waals surface area contributed by atoms with E-state index in [1.807, 2.05) is 6.07 Å². The summed E-state index contributed by atoms with van der Waals surface area (Å²) in [7, 11) is 0. The van der Waals surface area contributed by atoms with E-state index < -0.39 is 10.8 Å². The molecule has 2 aromatic heterocycles. The molecule has 0 radical (unpaired) electrons. The van der Waals surface area contributed by atoms with Gasteiger partial charge in [0, 0.05) is 0 Å². The van der Waals surface area contributed by atoms with Gasteiger partial charge in [0.25, 0.3) is 0 Å². The predicted octanol–water partition coefficient (Wildman–Crippen LogP) is 0.792. The Labute approximate surface area is 111 Å². The van der Waals surface area contributed by atoms with Gasteiger partial charge < -0.3 is 4.42 Å². The molecule has 0 bridgehead atoms. The first-order valence-electron chi connectivity index (χ1n) is 5.19. The Hall–Kier alpha value is -3.48. The molecule has 0 aliphatic carbocycles. The van der Waals surface area contributed by atoms with Crippen molar-refractivity contribution in [1.29, 1.82) is 10.7 Å². The van der Waals surface area contributed by atoms with Crippen molar-refractivity contribution in [3.63, 3.8) is 0 Å². The fourth-order valence-corrected chi connectivity index (χ4v) is 1.21. The van der Waals surface area contributed by atoms with E-state index in [-0.39, 0.29) is 23.1 Å². The second-order valence-electron chi connectivity index (χ2n) is 3.44. The molecule has 10 heteroatoms. The summed E-state index contributed by atoms with van der Waals surface area (Å²) in [6.45, 7) is 0. The van der Waals surface area contributed by atoms with Crippen LogP contribution in [0.3, 0.4) is 0 Å². The Morgan fingerprint density at radius 2 is 2.20 bits per heavy atom. The van der Waals surface area contributed by atoms with Crippen LogP contribution in [-0.4, -0.2) is 21.0 Å². The molecule has 10 nitrogen and oxygen atoms in total. The molecule has 0 saturated carbocycles. The van der Waals surface area contributed by atoms with Gasteiger partial charge in [-0.1, -0.05) is 0 Å². The third-order valence-electron chi connectivity index (χ3n) is 2.11. The van der Waals surface area contributed by atoms with Crippen molar-refractivity contribution in [2.45, 2.75) is 0 Å². The van der Waals surface area contributed by atoms with Crippen molar-refractivity contribution >= 4 is 17.5 Å². The summed E-state index contributed by atoms with van der Waals surface area (Å²) in [5, 5.41) is 33.9. The first-order chi connectivity index (χ1) is 9.60. The summed E-state index contributed by atoms with van der Waals surface area (Å²) in [5.41, 5.74) is 5.14. The lowest BCUT2D eigenvalue weighted by atomic mass is 10.4. The number of nitriles is 1. The van der Waals surface area contributed by atoms with Gasteiger partial charge in [0.2, 0.25) is 0 Å². The maximum Gasteiger partial charge on any atom is 0.433 e. The highest BCUT2D eigenvalue weighted by Gasteiger charge is 2.14. The number of amidine groups is 1. The average molecular weight is 273 g/mol. The minimum atomic E-state index is -0.698. The molecule has 0 amide bonds. The highest BCUT2D eigenvalue weighted by Crippen LogP contribution is 2.15. The Bertz CT molecular complexity index is 686. The second kappa shape index (κ2) is 5.44. The molecular formula is C10H7N7O3. The van der Waals surface area contributed by atoms with E-state index in [4.69, 9.17) is 15.1 Å². The van der Waals surface area contributed by atoms with Crippen LogP contribution >= 0.6 is 0 Å². The number of aromatic nitrogens is 2. The van der Waals surface area contributed by atoms with Crippen molar-refractivity contribution < 1.29 is 9.34 Å². The summed E-state index contributed by atoms with van der Waals surface area (Å²) in [5.74, 6) is -0.408. The first kappa shape index (κ1) is 13.0. The van der Waals surface area contributed by atoms with E-state index >= 15 is 0 Å². The van der Waals surface area contributed by atoms with Crippen LogP contribution < -0.4 is 10.9 Å². The van der Waals surface area contributed by atoms with E-state index in [0.717, 1.165) is 6.07 Å². The summed E-state index contributed by atoms with van der Waals surface area (Å²) >= 11 is 0. The van der Waals surface area contributed by atoms with E-state index in [0.29, 0.717) is 0 Å². The van der Waals surface area contributed by atoms with Gasteiger partial charge in [-0.3, -0.25) is 26.4 Å². The lowest BCUT2D eigenvalue weighted by molar-refractivity contribution is -0.402. The van der Waals surface area contributed by atoms with Gasteiger partial charge >= 0.3 is 5.88 Å². The monoisotopic (exact) mass is 273 g/mol. The smallest absolute Gasteiger partial charge is 0.397 e. The molecule has 0 aliphatic rings. The van der Waals surface area contributed by atoms with Gasteiger partial charge in [0.1, 0.15) is 11.0 Å². The highest BCUT2D eigenvalue weighted by molar-refractivity contribution is 5.94. The van der Waals surface area contributed by atoms with Crippen molar-refractivity contribution in [1.82, 2.24) is 15.6 Å². The zero-order valence-electron chi connectivity index (χ0n) is 9.82. The molecule has 0 saturated heterocycles. The minimum Gasteiger partial charge on any atom is -0.397 e. The minimum absolute atomic E-state index is 0.00851. The molecule has 0 fully saturated rings. The Balaban J connectivity index is 1.97. The number of anilines is 1. The molecule has 20 heavy (non-hydrogen) atoms. The van der Waals surface area contributed by atoms with Gasteiger partial charge in [-0.25, -0.2) is 0 Å². The molecule has 0 spiro atoms. The van der Waals surface area contributed by atoms with Crippen LogP contribution in [0.25, 0.3) is 0 Å². The zero-order chi connectivity index (χ0) is 14.5. The number of nitro groups is 1. The number of hydrogen-bond acceptors (Lipinski definition) is 8. The van der Waals surface area contributed by atoms with Gasteiger partial charge in [-0.15, -0.1) is 10.2 Å². The first-order valence-corrected chi connectivity index (χ1v) is 5.19. The Kier molecular flexibility index (Phi) is 3.53. The summed E-state index contributed by atoms with van der Waals surface area (Å²) in [6.07, 6.45) is 0. The summed E-state index contributed by atoms with van der Waals surface area (Å²) in [6, 6.07) is 7.18. The maximum atomic E-state index is 10.4. The lowest BCUT2D eigenvalue weighted by Crippen LogP contribution is -2.29. The molecule has 0 atom stereocenters. The number of nitrogens with one attached hydrogen (secondary N) is 3.